The molecule has 0 aliphatic carbocycles. The summed E-state index contributed by atoms with van der Waals surface area (Å²) in [5.41, 5.74) is 0.861. The summed E-state index contributed by atoms with van der Waals surface area (Å²) >= 11 is 1.27. The standard InChI is InChI=1S/C20H28N4O3S/c1-5-7-9-14(6-2)18(26)21-13(3)17(25)22-20-24-23-19(28-20)15-10-8-11-16(12-15)27-4/h8,10-14H,5-7,9H2,1-4H3,(H,21,26)(H,22,24,25)/t13-,14+/m0/s1. The van der Waals surface area contributed by atoms with Gasteiger partial charge in [-0.2, -0.15) is 0 Å². The molecule has 0 saturated heterocycles. The van der Waals surface area contributed by atoms with E-state index in [1.165, 1.54) is 11.3 Å². The average molecular weight is 405 g/mol. The number of carbonyl (C=O) groups is 2. The Morgan fingerprint density at radius 2 is 2.00 bits per heavy atom. The maximum Gasteiger partial charge on any atom is 0.248 e. The number of unbranched alkanes of at least 4 members (excludes halogenated alkanes) is 1. The van der Waals surface area contributed by atoms with Crippen LogP contribution in [0.5, 0.6) is 5.75 Å². The van der Waals surface area contributed by atoms with Crippen molar-refractivity contribution in [2.24, 2.45) is 5.92 Å². The number of nitrogens with one attached hydrogen (secondary N) is 2. The number of carbonyl (C=O) groups excluding carboxylic acids is 2. The SMILES string of the molecule is CCCC[C@@H](CC)C(=O)N[C@@H](C)C(=O)Nc1nnc(-c2cccc(OC)c2)s1. The number of hydrogen-bond acceptors (Lipinski definition) is 6. The van der Waals surface area contributed by atoms with Gasteiger partial charge in [-0.1, -0.05) is 50.2 Å². The number of anilines is 1. The first-order valence-corrected chi connectivity index (χ1v) is 10.4. The maximum atomic E-state index is 12.4. The van der Waals surface area contributed by atoms with Crippen LogP contribution in [0.15, 0.2) is 24.3 Å². The van der Waals surface area contributed by atoms with Gasteiger partial charge in [0.1, 0.15) is 16.8 Å². The summed E-state index contributed by atoms with van der Waals surface area (Å²) in [6, 6.07) is 6.83. The van der Waals surface area contributed by atoms with Gasteiger partial charge in [-0.05, 0) is 31.9 Å². The normalized spacial score (nSPS) is 12.9. The first kappa shape index (κ1) is 21.8. The summed E-state index contributed by atoms with van der Waals surface area (Å²) < 4.78 is 5.22. The van der Waals surface area contributed by atoms with Crippen molar-refractivity contribution < 1.29 is 14.3 Å². The molecule has 0 spiro atoms. The number of hydrogen-bond donors (Lipinski definition) is 2. The molecule has 2 N–H and O–H groups in total. The molecule has 1 aromatic carbocycles. The molecular formula is C20H28N4O3S. The third-order valence-electron chi connectivity index (χ3n) is 4.49. The van der Waals surface area contributed by atoms with Crippen molar-refractivity contribution in [1.82, 2.24) is 15.5 Å². The van der Waals surface area contributed by atoms with Crippen molar-refractivity contribution in [3.05, 3.63) is 24.3 Å². The smallest absolute Gasteiger partial charge is 0.248 e. The summed E-state index contributed by atoms with van der Waals surface area (Å²) in [5, 5.41) is 14.7. The minimum Gasteiger partial charge on any atom is -0.497 e. The molecule has 1 heterocycles. The second-order valence-electron chi connectivity index (χ2n) is 6.61. The average Bonchev–Trinajstić information content (AvgIpc) is 3.17. The Hall–Kier alpha value is -2.48. The second-order valence-corrected chi connectivity index (χ2v) is 7.59. The van der Waals surface area contributed by atoms with Crippen LogP contribution in [0, 0.1) is 5.92 Å². The Kier molecular flexibility index (Phi) is 8.38. The number of benzene rings is 1. The molecule has 2 atom stereocenters. The lowest BCUT2D eigenvalue weighted by atomic mass is 9.98. The van der Waals surface area contributed by atoms with Crippen molar-refractivity contribution in [3.63, 3.8) is 0 Å². The largest absolute Gasteiger partial charge is 0.497 e. The molecule has 1 aromatic heterocycles. The molecule has 0 bridgehead atoms. The van der Waals surface area contributed by atoms with Crippen molar-refractivity contribution in [2.45, 2.75) is 52.5 Å². The van der Waals surface area contributed by atoms with Crippen LogP contribution < -0.4 is 15.4 Å². The van der Waals surface area contributed by atoms with E-state index in [2.05, 4.69) is 27.8 Å². The molecule has 152 valence electrons. The van der Waals surface area contributed by atoms with Crippen LogP contribution in [0.4, 0.5) is 5.13 Å². The molecule has 0 aliphatic heterocycles. The van der Waals surface area contributed by atoms with Crippen molar-refractivity contribution in [3.8, 4) is 16.3 Å². The van der Waals surface area contributed by atoms with Gasteiger partial charge in [0.05, 0.1) is 7.11 Å². The topological polar surface area (TPSA) is 93.2 Å². The van der Waals surface area contributed by atoms with Crippen molar-refractivity contribution in [2.75, 3.05) is 12.4 Å². The highest BCUT2D eigenvalue weighted by atomic mass is 32.1. The van der Waals surface area contributed by atoms with Gasteiger partial charge in [-0.15, -0.1) is 10.2 Å². The van der Waals surface area contributed by atoms with Gasteiger partial charge in [-0.3, -0.25) is 14.9 Å². The maximum absolute atomic E-state index is 12.4. The summed E-state index contributed by atoms with van der Waals surface area (Å²) in [6.45, 7) is 5.76. The van der Waals surface area contributed by atoms with Crippen LogP contribution in [0.1, 0.15) is 46.5 Å². The summed E-state index contributed by atoms with van der Waals surface area (Å²) in [4.78, 5) is 24.8. The molecule has 2 amide bonds. The van der Waals surface area contributed by atoms with E-state index in [9.17, 15) is 9.59 Å². The van der Waals surface area contributed by atoms with Gasteiger partial charge in [0.25, 0.3) is 0 Å². The Morgan fingerprint density at radius 1 is 1.21 bits per heavy atom. The van der Waals surface area contributed by atoms with E-state index in [0.717, 1.165) is 37.0 Å². The van der Waals surface area contributed by atoms with E-state index in [0.29, 0.717) is 10.1 Å². The molecule has 0 radical (unpaired) electrons. The van der Waals surface area contributed by atoms with Crippen molar-refractivity contribution >= 4 is 28.3 Å². The lowest BCUT2D eigenvalue weighted by molar-refractivity contribution is -0.129. The molecule has 0 saturated carbocycles. The summed E-state index contributed by atoms with van der Waals surface area (Å²) in [7, 11) is 1.60. The highest BCUT2D eigenvalue weighted by Crippen LogP contribution is 2.28. The monoisotopic (exact) mass is 404 g/mol. The first-order chi connectivity index (χ1) is 13.5. The van der Waals surface area contributed by atoms with Crippen LogP contribution in [0.3, 0.4) is 0 Å². The highest BCUT2D eigenvalue weighted by molar-refractivity contribution is 7.18. The predicted octanol–water partition coefficient (Wildman–Crippen LogP) is 3.87. The molecule has 0 unspecified atom stereocenters. The van der Waals surface area contributed by atoms with E-state index in [-0.39, 0.29) is 17.7 Å². The van der Waals surface area contributed by atoms with Gasteiger partial charge in [0, 0.05) is 11.5 Å². The molecule has 0 fully saturated rings. The van der Waals surface area contributed by atoms with Crippen LogP contribution >= 0.6 is 11.3 Å². The van der Waals surface area contributed by atoms with E-state index in [1.54, 1.807) is 14.0 Å². The Bertz CT molecular complexity index is 793. The molecule has 0 aliphatic rings. The van der Waals surface area contributed by atoms with Crippen LogP contribution in [-0.2, 0) is 9.59 Å². The second kappa shape index (κ2) is 10.8. The van der Waals surface area contributed by atoms with Gasteiger partial charge < -0.3 is 10.1 Å². The lowest BCUT2D eigenvalue weighted by Gasteiger charge is -2.18. The fourth-order valence-electron chi connectivity index (χ4n) is 2.73. The van der Waals surface area contributed by atoms with E-state index < -0.39 is 6.04 Å². The third kappa shape index (κ3) is 6.02. The third-order valence-corrected chi connectivity index (χ3v) is 5.38. The fourth-order valence-corrected chi connectivity index (χ4v) is 3.47. The molecule has 8 heteroatoms. The number of methoxy groups -OCH3 is 1. The zero-order valence-corrected chi connectivity index (χ0v) is 17.6. The summed E-state index contributed by atoms with van der Waals surface area (Å²) in [6.07, 6.45) is 3.66. The Labute approximate surface area is 169 Å². The molecule has 2 aromatic rings. The quantitative estimate of drug-likeness (QED) is 0.627. The van der Waals surface area contributed by atoms with E-state index in [1.807, 2.05) is 31.2 Å². The molecule has 2 rings (SSSR count). The fraction of sp³-hybridized carbons (Fsp3) is 0.500. The van der Waals surface area contributed by atoms with Gasteiger partial charge >= 0.3 is 0 Å². The van der Waals surface area contributed by atoms with Crippen LogP contribution in [0.2, 0.25) is 0 Å². The number of rotatable bonds is 10. The van der Waals surface area contributed by atoms with Gasteiger partial charge in [0.2, 0.25) is 16.9 Å². The first-order valence-electron chi connectivity index (χ1n) is 9.57. The lowest BCUT2D eigenvalue weighted by Crippen LogP contribution is -2.44. The number of amides is 2. The Balaban J connectivity index is 1.95. The van der Waals surface area contributed by atoms with E-state index >= 15 is 0 Å². The van der Waals surface area contributed by atoms with Crippen LogP contribution in [0.25, 0.3) is 10.6 Å². The zero-order chi connectivity index (χ0) is 20.5. The van der Waals surface area contributed by atoms with Crippen LogP contribution in [-0.4, -0.2) is 35.2 Å². The highest BCUT2D eigenvalue weighted by Gasteiger charge is 2.22. The minimum atomic E-state index is -0.646. The van der Waals surface area contributed by atoms with Crippen molar-refractivity contribution in [1.29, 1.82) is 0 Å². The van der Waals surface area contributed by atoms with Gasteiger partial charge in [-0.25, -0.2) is 0 Å². The number of nitrogens with zero attached hydrogens (tertiary/aromatic N) is 2. The predicted molar refractivity (Wildman–Crippen MR) is 111 cm³/mol. The Morgan fingerprint density at radius 3 is 2.68 bits per heavy atom. The van der Waals surface area contributed by atoms with E-state index in [4.69, 9.17) is 4.74 Å². The minimum absolute atomic E-state index is 0.0589. The zero-order valence-electron chi connectivity index (χ0n) is 16.8. The number of aromatic nitrogens is 2. The molecule has 28 heavy (non-hydrogen) atoms. The number of ether oxygens (including phenoxy) is 1. The molecule has 7 nitrogen and oxygen atoms in total. The summed E-state index contributed by atoms with van der Waals surface area (Å²) in [5.74, 6) is 0.277. The van der Waals surface area contributed by atoms with Gasteiger partial charge in [0.15, 0.2) is 0 Å². The molecular weight excluding hydrogens is 376 g/mol.